The van der Waals surface area contributed by atoms with E-state index in [1.165, 1.54) is 16.7 Å². The summed E-state index contributed by atoms with van der Waals surface area (Å²) in [6.07, 6.45) is 2.20. The molecule has 2 rings (SSSR count). The first kappa shape index (κ1) is 15.6. The first-order valence-corrected chi connectivity index (χ1v) is 7.81. The zero-order valence-corrected chi connectivity index (χ0v) is 13.7. The van der Waals surface area contributed by atoms with Gasteiger partial charge in [-0.3, -0.25) is 4.98 Å². The lowest BCUT2D eigenvalue weighted by Crippen LogP contribution is -2.06. The van der Waals surface area contributed by atoms with Gasteiger partial charge in [0.1, 0.15) is 5.75 Å². The fourth-order valence-corrected chi connectivity index (χ4v) is 2.68. The molecular weight excluding hydrogens is 258 g/mol. The predicted molar refractivity (Wildman–Crippen MR) is 88.9 cm³/mol. The molecule has 0 saturated carbocycles. The van der Waals surface area contributed by atoms with Crippen LogP contribution in [0.1, 0.15) is 44.5 Å². The van der Waals surface area contributed by atoms with Gasteiger partial charge in [0.25, 0.3) is 0 Å². The van der Waals surface area contributed by atoms with E-state index in [-0.39, 0.29) is 6.10 Å². The van der Waals surface area contributed by atoms with Crippen LogP contribution < -0.4 is 4.74 Å². The number of ether oxygens (including phenoxy) is 1. The van der Waals surface area contributed by atoms with Gasteiger partial charge in [-0.1, -0.05) is 32.0 Å². The molecule has 2 heteroatoms. The standard InChI is InChI=1S/C19H25NO/c1-6-15-9-8-10-16(7-2)19(15)18-12-17(21-13(3)4)11-14(5)20-18/h8-13H,6-7H2,1-5H3. The Morgan fingerprint density at radius 1 is 1.05 bits per heavy atom. The Labute approximate surface area is 128 Å². The van der Waals surface area contributed by atoms with Crippen LogP contribution in [-0.4, -0.2) is 11.1 Å². The van der Waals surface area contributed by atoms with Crippen LogP contribution in [0.2, 0.25) is 0 Å². The van der Waals surface area contributed by atoms with Crippen LogP contribution in [0.5, 0.6) is 5.75 Å². The van der Waals surface area contributed by atoms with Gasteiger partial charge in [0, 0.05) is 23.4 Å². The van der Waals surface area contributed by atoms with Crippen LogP contribution in [0.25, 0.3) is 11.3 Å². The molecule has 1 aromatic carbocycles. The highest BCUT2D eigenvalue weighted by Crippen LogP contribution is 2.30. The molecule has 2 nitrogen and oxygen atoms in total. The van der Waals surface area contributed by atoms with Crippen LogP contribution in [-0.2, 0) is 12.8 Å². The van der Waals surface area contributed by atoms with Crippen molar-refractivity contribution in [2.75, 3.05) is 0 Å². The number of hydrogen-bond acceptors (Lipinski definition) is 2. The third-order valence-electron chi connectivity index (χ3n) is 3.55. The van der Waals surface area contributed by atoms with Gasteiger partial charge in [-0.15, -0.1) is 0 Å². The van der Waals surface area contributed by atoms with Gasteiger partial charge in [-0.05, 0) is 44.7 Å². The second-order valence-electron chi connectivity index (χ2n) is 5.65. The molecule has 112 valence electrons. The Hall–Kier alpha value is -1.83. The van der Waals surface area contributed by atoms with Crippen LogP contribution in [0.4, 0.5) is 0 Å². The van der Waals surface area contributed by atoms with Gasteiger partial charge in [0.15, 0.2) is 0 Å². The third-order valence-corrected chi connectivity index (χ3v) is 3.55. The molecule has 0 N–H and O–H groups in total. The average molecular weight is 283 g/mol. The number of nitrogens with zero attached hydrogens (tertiary/aromatic N) is 1. The van der Waals surface area contributed by atoms with Crippen molar-refractivity contribution in [3.8, 4) is 17.0 Å². The Kier molecular flexibility index (Phi) is 5.00. The zero-order chi connectivity index (χ0) is 15.4. The summed E-state index contributed by atoms with van der Waals surface area (Å²) >= 11 is 0. The van der Waals surface area contributed by atoms with E-state index in [2.05, 4.69) is 38.1 Å². The lowest BCUT2D eigenvalue weighted by Gasteiger charge is -2.16. The lowest BCUT2D eigenvalue weighted by molar-refractivity contribution is 0.242. The molecule has 0 bridgehead atoms. The van der Waals surface area contributed by atoms with Crippen molar-refractivity contribution in [3.05, 3.63) is 47.2 Å². The van der Waals surface area contributed by atoms with Gasteiger partial charge in [-0.2, -0.15) is 0 Å². The Balaban J connectivity index is 2.58. The fourth-order valence-electron chi connectivity index (χ4n) is 2.68. The second-order valence-corrected chi connectivity index (χ2v) is 5.65. The summed E-state index contributed by atoms with van der Waals surface area (Å²) < 4.78 is 5.86. The topological polar surface area (TPSA) is 22.1 Å². The highest BCUT2D eigenvalue weighted by Gasteiger charge is 2.12. The molecule has 0 aliphatic carbocycles. The molecule has 0 saturated heterocycles. The molecule has 1 aromatic heterocycles. The van der Waals surface area contributed by atoms with E-state index in [1.807, 2.05) is 26.8 Å². The second kappa shape index (κ2) is 6.75. The maximum absolute atomic E-state index is 5.86. The Morgan fingerprint density at radius 3 is 2.19 bits per heavy atom. The molecular formula is C19H25NO. The van der Waals surface area contributed by atoms with Crippen molar-refractivity contribution in [1.29, 1.82) is 0 Å². The summed E-state index contributed by atoms with van der Waals surface area (Å²) in [6.45, 7) is 10.5. The predicted octanol–water partition coefficient (Wildman–Crippen LogP) is 4.97. The largest absolute Gasteiger partial charge is 0.491 e. The number of rotatable bonds is 5. The third kappa shape index (κ3) is 3.63. The maximum Gasteiger partial charge on any atom is 0.123 e. The van der Waals surface area contributed by atoms with Crippen molar-refractivity contribution in [1.82, 2.24) is 4.98 Å². The molecule has 0 amide bonds. The van der Waals surface area contributed by atoms with Gasteiger partial charge in [0.2, 0.25) is 0 Å². The summed E-state index contributed by atoms with van der Waals surface area (Å²) in [5.41, 5.74) is 6.00. The van der Waals surface area contributed by atoms with E-state index in [9.17, 15) is 0 Å². The van der Waals surface area contributed by atoms with E-state index < -0.39 is 0 Å². The van der Waals surface area contributed by atoms with E-state index in [0.717, 1.165) is 30.0 Å². The molecule has 21 heavy (non-hydrogen) atoms. The number of pyridine rings is 1. The SMILES string of the molecule is CCc1cccc(CC)c1-c1cc(OC(C)C)cc(C)n1. The first-order valence-electron chi connectivity index (χ1n) is 7.81. The highest BCUT2D eigenvalue weighted by molar-refractivity contribution is 5.69. The maximum atomic E-state index is 5.86. The van der Waals surface area contributed by atoms with Gasteiger partial charge >= 0.3 is 0 Å². The van der Waals surface area contributed by atoms with Gasteiger partial charge in [0.05, 0.1) is 11.8 Å². The van der Waals surface area contributed by atoms with Gasteiger partial charge < -0.3 is 4.74 Å². The zero-order valence-electron chi connectivity index (χ0n) is 13.7. The normalized spacial score (nSPS) is 11.0. The first-order chi connectivity index (χ1) is 10.0. The van der Waals surface area contributed by atoms with Crippen molar-refractivity contribution >= 4 is 0 Å². The molecule has 0 fully saturated rings. The van der Waals surface area contributed by atoms with Crippen LogP contribution >= 0.6 is 0 Å². The summed E-state index contributed by atoms with van der Waals surface area (Å²) in [6, 6.07) is 10.6. The van der Waals surface area contributed by atoms with Crippen molar-refractivity contribution in [2.45, 2.75) is 53.6 Å². The molecule has 0 atom stereocenters. The monoisotopic (exact) mass is 283 g/mol. The quantitative estimate of drug-likeness (QED) is 0.773. The molecule has 0 aliphatic heterocycles. The Bertz CT molecular complexity index is 595. The number of aryl methyl sites for hydroxylation is 3. The number of benzene rings is 1. The minimum Gasteiger partial charge on any atom is -0.491 e. The lowest BCUT2D eigenvalue weighted by atomic mass is 9.94. The van der Waals surface area contributed by atoms with Crippen LogP contribution in [0.3, 0.4) is 0 Å². The highest BCUT2D eigenvalue weighted by atomic mass is 16.5. The fraction of sp³-hybridized carbons (Fsp3) is 0.421. The molecule has 0 unspecified atom stereocenters. The summed E-state index contributed by atoms with van der Waals surface area (Å²) in [4.78, 5) is 4.75. The van der Waals surface area contributed by atoms with E-state index >= 15 is 0 Å². The minimum atomic E-state index is 0.173. The van der Waals surface area contributed by atoms with Crippen LogP contribution in [0.15, 0.2) is 30.3 Å². The molecule has 2 aromatic rings. The summed E-state index contributed by atoms with van der Waals surface area (Å²) in [5.74, 6) is 0.903. The molecule has 0 radical (unpaired) electrons. The van der Waals surface area contributed by atoms with Crippen molar-refractivity contribution in [2.24, 2.45) is 0 Å². The van der Waals surface area contributed by atoms with E-state index in [1.54, 1.807) is 0 Å². The van der Waals surface area contributed by atoms with E-state index in [0.29, 0.717) is 0 Å². The Morgan fingerprint density at radius 2 is 1.67 bits per heavy atom. The summed E-state index contributed by atoms with van der Waals surface area (Å²) in [7, 11) is 0. The van der Waals surface area contributed by atoms with Gasteiger partial charge in [-0.25, -0.2) is 0 Å². The van der Waals surface area contributed by atoms with Crippen molar-refractivity contribution in [3.63, 3.8) is 0 Å². The summed E-state index contributed by atoms with van der Waals surface area (Å²) in [5, 5.41) is 0. The molecule has 0 spiro atoms. The molecule has 1 heterocycles. The minimum absolute atomic E-state index is 0.173. The number of aromatic nitrogens is 1. The number of hydrogen-bond donors (Lipinski definition) is 0. The van der Waals surface area contributed by atoms with E-state index in [4.69, 9.17) is 9.72 Å². The molecule has 0 aliphatic rings. The van der Waals surface area contributed by atoms with Crippen molar-refractivity contribution < 1.29 is 4.74 Å². The van der Waals surface area contributed by atoms with Crippen LogP contribution in [0, 0.1) is 6.92 Å². The average Bonchev–Trinajstić information content (AvgIpc) is 2.44. The smallest absolute Gasteiger partial charge is 0.123 e.